The van der Waals surface area contributed by atoms with E-state index in [4.69, 9.17) is 15.0 Å². The van der Waals surface area contributed by atoms with Crippen LogP contribution in [0.5, 0.6) is 0 Å². The predicted molar refractivity (Wildman–Crippen MR) is 176 cm³/mol. The molecule has 1 fully saturated rings. The Hall–Kier alpha value is -3.53. The molecule has 216 valence electrons. The van der Waals surface area contributed by atoms with Gasteiger partial charge in [0.05, 0.1) is 5.69 Å². The Kier molecular flexibility index (Phi) is 8.30. The van der Waals surface area contributed by atoms with Crippen LogP contribution < -0.4 is 5.32 Å². The molecule has 6 aliphatic rings. The van der Waals surface area contributed by atoms with Gasteiger partial charge in [0, 0.05) is 29.9 Å². The molecule has 42 heavy (non-hydrogen) atoms. The van der Waals surface area contributed by atoms with E-state index < -0.39 is 0 Å². The van der Waals surface area contributed by atoms with Gasteiger partial charge in [-0.15, -0.1) is 0 Å². The smallest absolute Gasteiger partial charge is 0.134 e. The van der Waals surface area contributed by atoms with E-state index in [9.17, 15) is 0 Å². The van der Waals surface area contributed by atoms with E-state index in [0.717, 1.165) is 37.2 Å². The standard InChI is InChI=1S/C38H44N4/c1-5-13-27(14-6-1)34-26-39-35(29-15-7-2-8-16-29)25-33(34)28-21-23-32(24-22-28)38-41-36(30-17-9-3-10-18-30)40-37(42-38)31-19-11-4-12-20-31/h3,5,7,9-10,13,15-17,21-23,25-27,30-32,36H,1-2,4,6,8,11-12,14,18-20,24H2,(H,40,41,42). The number of hydrogen-bond acceptors (Lipinski definition) is 4. The van der Waals surface area contributed by atoms with Gasteiger partial charge < -0.3 is 5.32 Å². The maximum Gasteiger partial charge on any atom is 0.134 e. The number of allylic oxidation sites excluding steroid dienone is 12. The van der Waals surface area contributed by atoms with Crippen molar-refractivity contribution in [1.82, 2.24) is 10.3 Å². The van der Waals surface area contributed by atoms with Crippen LogP contribution in [-0.2, 0) is 0 Å². The summed E-state index contributed by atoms with van der Waals surface area (Å²) in [4.78, 5) is 15.5. The second kappa shape index (κ2) is 12.8. The van der Waals surface area contributed by atoms with E-state index in [1.165, 1.54) is 79.5 Å². The third-order valence-corrected chi connectivity index (χ3v) is 9.84. The third-order valence-electron chi connectivity index (χ3n) is 9.84. The first-order valence-corrected chi connectivity index (χ1v) is 16.5. The van der Waals surface area contributed by atoms with Crippen molar-refractivity contribution < 1.29 is 0 Å². The van der Waals surface area contributed by atoms with Crippen LogP contribution in [0, 0.1) is 17.8 Å². The Morgan fingerprint density at radius 3 is 2.45 bits per heavy atom. The SMILES string of the molecule is C1=CCC(C2N=C(C3C=CC(c4cc(C5=CCCC=C5)ncc4C4C=CCCC4)=CC3)N=C(C3CCCCC3)N2)C=C1. The monoisotopic (exact) mass is 556 g/mol. The van der Waals surface area contributed by atoms with E-state index in [0.29, 0.717) is 17.8 Å². The molecule has 1 N–H and O–H groups in total. The number of amidine groups is 2. The minimum Gasteiger partial charge on any atom is -0.351 e. The van der Waals surface area contributed by atoms with Gasteiger partial charge in [-0.1, -0.05) is 92.2 Å². The lowest BCUT2D eigenvalue weighted by Crippen LogP contribution is -2.46. The van der Waals surface area contributed by atoms with Crippen molar-refractivity contribution in [2.75, 3.05) is 0 Å². The van der Waals surface area contributed by atoms with Gasteiger partial charge in [-0.05, 0) is 86.1 Å². The highest BCUT2D eigenvalue weighted by Crippen LogP contribution is 2.37. The van der Waals surface area contributed by atoms with Crippen LogP contribution in [0.2, 0.25) is 0 Å². The number of pyridine rings is 1. The van der Waals surface area contributed by atoms with Gasteiger partial charge in [0.15, 0.2) is 0 Å². The first-order chi connectivity index (χ1) is 20.8. The fraction of sp³-hybridized carbons (Fsp3) is 0.447. The summed E-state index contributed by atoms with van der Waals surface area (Å²) in [6.07, 6.45) is 44.1. The molecule has 7 rings (SSSR count). The van der Waals surface area contributed by atoms with Crippen LogP contribution in [0.15, 0.2) is 95.2 Å². The zero-order chi connectivity index (χ0) is 28.1. The zero-order valence-electron chi connectivity index (χ0n) is 24.8. The number of rotatable bonds is 6. The Bertz CT molecular complexity index is 1440. The highest BCUT2D eigenvalue weighted by atomic mass is 15.2. The largest absolute Gasteiger partial charge is 0.351 e. The number of nitrogens with zero attached hydrogens (tertiary/aromatic N) is 3. The second-order valence-corrected chi connectivity index (χ2v) is 12.7. The van der Waals surface area contributed by atoms with Gasteiger partial charge in [0.2, 0.25) is 0 Å². The minimum atomic E-state index is 0.0682. The molecule has 0 aromatic carbocycles. The summed E-state index contributed by atoms with van der Waals surface area (Å²) >= 11 is 0. The van der Waals surface area contributed by atoms with Crippen molar-refractivity contribution in [1.29, 1.82) is 0 Å². The summed E-state index contributed by atoms with van der Waals surface area (Å²) in [6.45, 7) is 0. The molecular weight excluding hydrogens is 512 g/mol. The lowest BCUT2D eigenvalue weighted by Gasteiger charge is -2.34. The topological polar surface area (TPSA) is 49.6 Å². The average Bonchev–Trinajstić information content (AvgIpc) is 3.09. The molecule has 5 aliphatic carbocycles. The number of nitrogens with one attached hydrogen (secondary N) is 1. The lowest BCUT2D eigenvalue weighted by molar-refractivity contribution is 0.408. The molecule has 1 aromatic heterocycles. The van der Waals surface area contributed by atoms with Crippen LogP contribution in [0.3, 0.4) is 0 Å². The van der Waals surface area contributed by atoms with Gasteiger partial charge in [0.1, 0.15) is 17.8 Å². The third kappa shape index (κ3) is 6.00. The van der Waals surface area contributed by atoms with Crippen molar-refractivity contribution in [3.63, 3.8) is 0 Å². The predicted octanol–water partition coefficient (Wildman–Crippen LogP) is 9.04. The highest BCUT2D eigenvalue weighted by molar-refractivity contribution is 6.02. The molecule has 1 aromatic rings. The number of hydrogen-bond donors (Lipinski definition) is 1. The van der Waals surface area contributed by atoms with Crippen LogP contribution in [-0.4, -0.2) is 22.8 Å². The molecule has 0 amide bonds. The molecule has 4 heteroatoms. The Morgan fingerprint density at radius 2 is 1.69 bits per heavy atom. The van der Waals surface area contributed by atoms with Gasteiger partial charge in [0.25, 0.3) is 0 Å². The van der Waals surface area contributed by atoms with Crippen LogP contribution in [0.4, 0.5) is 0 Å². The van der Waals surface area contributed by atoms with E-state index in [2.05, 4.69) is 90.5 Å². The summed E-state index contributed by atoms with van der Waals surface area (Å²) in [7, 11) is 0. The van der Waals surface area contributed by atoms with Crippen molar-refractivity contribution >= 4 is 22.8 Å². The van der Waals surface area contributed by atoms with E-state index >= 15 is 0 Å². The number of aliphatic imine (C=N–C) groups is 2. The summed E-state index contributed by atoms with van der Waals surface area (Å²) in [5.74, 6) is 3.77. The maximum atomic E-state index is 5.26. The molecule has 0 saturated heterocycles. The van der Waals surface area contributed by atoms with Gasteiger partial charge in [-0.3, -0.25) is 4.98 Å². The second-order valence-electron chi connectivity index (χ2n) is 12.7. The molecule has 4 atom stereocenters. The quantitative estimate of drug-likeness (QED) is 0.355. The first kappa shape index (κ1) is 27.3. The summed E-state index contributed by atoms with van der Waals surface area (Å²) < 4.78 is 0. The lowest BCUT2D eigenvalue weighted by atomic mass is 9.83. The highest BCUT2D eigenvalue weighted by Gasteiger charge is 2.31. The van der Waals surface area contributed by atoms with Crippen molar-refractivity contribution in [2.45, 2.75) is 89.1 Å². The molecule has 1 aliphatic heterocycles. The molecule has 1 saturated carbocycles. The Balaban J connectivity index is 1.18. The van der Waals surface area contributed by atoms with E-state index in [1.807, 2.05) is 0 Å². The number of aromatic nitrogens is 1. The zero-order valence-corrected chi connectivity index (χ0v) is 24.8. The Labute approximate surface area is 251 Å². The fourth-order valence-electron chi connectivity index (χ4n) is 7.37. The Morgan fingerprint density at radius 1 is 0.738 bits per heavy atom. The fourth-order valence-corrected chi connectivity index (χ4v) is 7.37. The van der Waals surface area contributed by atoms with E-state index in [-0.39, 0.29) is 12.1 Å². The first-order valence-electron chi connectivity index (χ1n) is 16.5. The van der Waals surface area contributed by atoms with Crippen molar-refractivity contribution in [3.05, 3.63) is 102 Å². The molecule has 0 bridgehead atoms. The normalized spacial score (nSPS) is 29.4. The van der Waals surface area contributed by atoms with Gasteiger partial charge >= 0.3 is 0 Å². The molecular formula is C38H44N4. The molecule has 4 unspecified atom stereocenters. The summed E-state index contributed by atoms with van der Waals surface area (Å²) in [6, 6.07) is 2.34. The summed E-state index contributed by atoms with van der Waals surface area (Å²) in [5.41, 5.74) is 6.34. The average molecular weight is 557 g/mol. The van der Waals surface area contributed by atoms with Gasteiger partial charge in [-0.25, -0.2) is 9.98 Å². The van der Waals surface area contributed by atoms with Crippen LogP contribution in [0.25, 0.3) is 11.1 Å². The maximum absolute atomic E-state index is 5.26. The van der Waals surface area contributed by atoms with Crippen LogP contribution >= 0.6 is 0 Å². The molecule has 0 radical (unpaired) electrons. The molecule has 0 spiro atoms. The minimum absolute atomic E-state index is 0.0682. The van der Waals surface area contributed by atoms with Gasteiger partial charge in [-0.2, -0.15) is 0 Å². The molecule has 4 nitrogen and oxygen atoms in total. The van der Waals surface area contributed by atoms with Crippen LogP contribution in [0.1, 0.15) is 99.8 Å². The molecule has 2 heterocycles. The summed E-state index contributed by atoms with van der Waals surface area (Å²) in [5, 5.41) is 3.79. The van der Waals surface area contributed by atoms with Crippen molar-refractivity contribution in [2.24, 2.45) is 27.7 Å². The van der Waals surface area contributed by atoms with E-state index in [1.54, 1.807) is 0 Å². The van der Waals surface area contributed by atoms with Crippen molar-refractivity contribution in [3.8, 4) is 0 Å².